The van der Waals surface area contributed by atoms with Crippen molar-refractivity contribution in [3.8, 4) is 5.75 Å². The number of hydrogen-bond acceptors (Lipinski definition) is 5. The molecule has 1 N–H and O–H groups in total. The van der Waals surface area contributed by atoms with E-state index in [-0.39, 0.29) is 5.76 Å². The third-order valence-electron chi connectivity index (χ3n) is 2.82. The molecule has 102 valence electrons. The van der Waals surface area contributed by atoms with Crippen LogP contribution in [-0.4, -0.2) is 18.2 Å². The van der Waals surface area contributed by atoms with E-state index < -0.39 is 5.91 Å². The van der Waals surface area contributed by atoms with Gasteiger partial charge in [0, 0.05) is 11.5 Å². The van der Waals surface area contributed by atoms with Gasteiger partial charge in [-0.05, 0) is 19.1 Å². The first-order valence-electron chi connectivity index (χ1n) is 5.98. The zero-order chi connectivity index (χ0) is 14.1. The summed E-state index contributed by atoms with van der Waals surface area (Å²) in [6.07, 6.45) is 0. The number of methoxy groups -OCH3 is 1. The van der Waals surface area contributed by atoms with Gasteiger partial charge in [0.05, 0.1) is 7.11 Å². The molecule has 6 heteroatoms. The zero-order valence-corrected chi connectivity index (χ0v) is 11.0. The lowest BCUT2D eigenvalue weighted by Gasteiger charge is -1.99. The van der Waals surface area contributed by atoms with Crippen molar-refractivity contribution in [2.45, 2.75) is 6.92 Å². The smallest absolute Gasteiger partial charge is 0.292 e. The number of carbonyl (C=O) groups is 1. The van der Waals surface area contributed by atoms with Gasteiger partial charge < -0.3 is 19.0 Å². The molecule has 0 unspecified atom stereocenters. The van der Waals surface area contributed by atoms with Crippen LogP contribution in [0.2, 0.25) is 0 Å². The summed E-state index contributed by atoms with van der Waals surface area (Å²) in [5.41, 5.74) is 0.538. The Morgan fingerprint density at radius 3 is 2.90 bits per heavy atom. The van der Waals surface area contributed by atoms with Gasteiger partial charge in [0.25, 0.3) is 5.91 Å². The Labute approximate surface area is 114 Å². The molecular weight excluding hydrogens is 260 g/mol. The normalized spacial score (nSPS) is 10.7. The Hall–Kier alpha value is -2.76. The van der Waals surface area contributed by atoms with Crippen LogP contribution in [0.4, 0.5) is 5.82 Å². The average Bonchev–Trinajstić information content (AvgIpc) is 3.04. The minimum Gasteiger partial charge on any atom is -0.493 e. The third kappa shape index (κ3) is 2.11. The molecule has 0 fully saturated rings. The summed E-state index contributed by atoms with van der Waals surface area (Å²) in [5.74, 6) is 1.34. The third-order valence-corrected chi connectivity index (χ3v) is 2.82. The SMILES string of the molecule is COc1cccc2cc(C(=O)Nc3cc(C)on3)oc12. The van der Waals surface area contributed by atoms with Crippen molar-refractivity contribution in [1.82, 2.24) is 5.16 Å². The first kappa shape index (κ1) is 12.3. The molecule has 0 aliphatic carbocycles. The first-order valence-corrected chi connectivity index (χ1v) is 5.98. The Kier molecular flexibility index (Phi) is 2.90. The molecule has 0 atom stereocenters. The molecule has 0 saturated carbocycles. The summed E-state index contributed by atoms with van der Waals surface area (Å²) in [6.45, 7) is 1.74. The molecule has 0 aliphatic rings. The topological polar surface area (TPSA) is 77.5 Å². The largest absolute Gasteiger partial charge is 0.493 e. The highest BCUT2D eigenvalue weighted by molar-refractivity contribution is 6.04. The zero-order valence-electron chi connectivity index (χ0n) is 11.0. The van der Waals surface area contributed by atoms with Gasteiger partial charge >= 0.3 is 0 Å². The second kappa shape index (κ2) is 4.73. The van der Waals surface area contributed by atoms with Gasteiger partial charge in [0.15, 0.2) is 22.9 Å². The molecular formula is C14H12N2O4. The monoisotopic (exact) mass is 272 g/mol. The molecule has 1 amide bonds. The lowest BCUT2D eigenvalue weighted by Crippen LogP contribution is -2.10. The van der Waals surface area contributed by atoms with E-state index in [2.05, 4.69) is 10.5 Å². The van der Waals surface area contributed by atoms with E-state index in [1.165, 1.54) is 0 Å². The second-order valence-corrected chi connectivity index (χ2v) is 4.27. The fourth-order valence-corrected chi connectivity index (χ4v) is 1.91. The standard InChI is InChI=1S/C14H12N2O4/c1-8-6-12(16-20-8)15-14(17)11-7-9-4-3-5-10(18-2)13(9)19-11/h3-7H,1-2H3,(H,15,16,17). The van der Waals surface area contributed by atoms with Crippen molar-refractivity contribution in [3.05, 3.63) is 41.9 Å². The maximum atomic E-state index is 12.1. The number of nitrogens with one attached hydrogen (secondary N) is 1. The number of nitrogens with zero attached hydrogens (tertiary/aromatic N) is 1. The fourth-order valence-electron chi connectivity index (χ4n) is 1.91. The second-order valence-electron chi connectivity index (χ2n) is 4.27. The highest BCUT2D eigenvalue weighted by Gasteiger charge is 2.16. The molecule has 3 rings (SSSR count). The van der Waals surface area contributed by atoms with Crippen molar-refractivity contribution < 1.29 is 18.5 Å². The number of amides is 1. The van der Waals surface area contributed by atoms with Gasteiger partial charge in [0.1, 0.15) is 5.76 Å². The average molecular weight is 272 g/mol. The van der Waals surface area contributed by atoms with Crippen molar-refractivity contribution in [2.24, 2.45) is 0 Å². The number of para-hydroxylation sites is 1. The highest BCUT2D eigenvalue weighted by atomic mass is 16.5. The number of furan rings is 1. The van der Waals surface area contributed by atoms with Crippen molar-refractivity contribution in [2.75, 3.05) is 12.4 Å². The van der Waals surface area contributed by atoms with Crippen LogP contribution in [0.15, 0.2) is 39.3 Å². The van der Waals surface area contributed by atoms with Crippen molar-refractivity contribution in [3.63, 3.8) is 0 Å². The van der Waals surface area contributed by atoms with Crippen LogP contribution in [0, 0.1) is 6.92 Å². The summed E-state index contributed by atoms with van der Waals surface area (Å²) in [5, 5.41) is 7.09. The number of anilines is 1. The van der Waals surface area contributed by atoms with Crippen LogP contribution >= 0.6 is 0 Å². The van der Waals surface area contributed by atoms with Crippen LogP contribution in [0.25, 0.3) is 11.0 Å². The minimum absolute atomic E-state index is 0.185. The molecule has 6 nitrogen and oxygen atoms in total. The van der Waals surface area contributed by atoms with Gasteiger partial charge in [-0.2, -0.15) is 0 Å². The van der Waals surface area contributed by atoms with Crippen LogP contribution in [0.5, 0.6) is 5.75 Å². The summed E-state index contributed by atoms with van der Waals surface area (Å²) in [4.78, 5) is 12.1. The molecule has 20 heavy (non-hydrogen) atoms. The highest BCUT2D eigenvalue weighted by Crippen LogP contribution is 2.28. The number of ether oxygens (including phenoxy) is 1. The first-order chi connectivity index (χ1) is 9.67. The molecule has 0 bridgehead atoms. The minimum atomic E-state index is -0.392. The van der Waals surface area contributed by atoms with Crippen LogP contribution in [0.1, 0.15) is 16.3 Å². The van der Waals surface area contributed by atoms with Crippen LogP contribution in [-0.2, 0) is 0 Å². The van der Waals surface area contributed by atoms with Crippen molar-refractivity contribution in [1.29, 1.82) is 0 Å². The van der Waals surface area contributed by atoms with Gasteiger partial charge in [-0.3, -0.25) is 4.79 Å². The molecule has 1 aromatic carbocycles. The van der Waals surface area contributed by atoms with E-state index >= 15 is 0 Å². The Bertz CT molecular complexity index is 772. The number of rotatable bonds is 3. The quantitative estimate of drug-likeness (QED) is 0.793. The summed E-state index contributed by atoms with van der Waals surface area (Å²) in [6, 6.07) is 8.73. The van der Waals surface area contributed by atoms with Gasteiger partial charge in [0.2, 0.25) is 0 Å². The van der Waals surface area contributed by atoms with E-state index in [0.717, 1.165) is 5.39 Å². The number of hydrogen-bond donors (Lipinski definition) is 1. The van der Waals surface area contributed by atoms with E-state index in [9.17, 15) is 4.79 Å². The molecule has 0 spiro atoms. The molecule has 3 aromatic rings. The van der Waals surface area contributed by atoms with E-state index in [0.29, 0.717) is 22.9 Å². The number of fused-ring (bicyclic) bond motifs is 1. The van der Waals surface area contributed by atoms with E-state index in [1.807, 2.05) is 12.1 Å². The van der Waals surface area contributed by atoms with Crippen molar-refractivity contribution >= 4 is 22.7 Å². The summed E-state index contributed by atoms with van der Waals surface area (Å²) < 4.78 is 15.6. The number of aromatic nitrogens is 1. The van der Waals surface area contributed by atoms with Crippen LogP contribution in [0.3, 0.4) is 0 Å². The maximum absolute atomic E-state index is 12.1. The fraction of sp³-hybridized carbons (Fsp3) is 0.143. The summed E-state index contributed by atoms with van der Waals surface area (Å²) in [7, 11) is 1.55. The van der Waals surface area contributed by atoms with Crippen LogP contribution < -0.4 is 10.1 Å². The summed E-state index contributed by atoms with van der Waals surface area (Å²) >= 11 is 0. The molecule has 0 aliphatic heterocycles. The molecule has 2 heterocycles. The Balaban J connectivity index is 1.92. The lowest BCUT2D eigenvalue weighted by atomic mass is 10.2. The Morgan fingerprint density at radius 1 is 1.35 bits per heavy atom. The molecule has 0 radical (unpaired) electrons. The van der Waals surface area contributed by atoms with E-state index in [1.54, 1.807) is 32.2 Å². The predicted octanol–water partition coefficient (Wildman–Crippen LogP) is 2.99. The van der Waals surface area contributed by atoms with Gasteiger partial charge in [-0.15, -0.1) is 0 Å². The number of aryl methyl sites for hydroxylation is 1. The number of benzene rings is 1. The predicted molar refractivity (Wildman–Crippen MR) is 72.0 cm³/mol. The number of carbonyl (C=O) groups excluding carboxylic acids is 1. The lowest BCUT2D eigenvalue weighted by molar-refractivity contribution is 0.0997. The maximum Gasteiger partial charge on any atom is 0.292 e. The van der Waals surface area contributed by atoms with E-state index in [4.69, 9.17) is 13.7 Å². The van der Waals surface area contributed by atoms with Gasteiger partial charge in [-0.1, -0.05) is 17.3 Å². The molecule has 0 saturated heterocycles. The molecule has 2 aromatic heterocycles. The Morgan fingerprint density at radius 2 is 2.20 bits per heavy atom. The van der Waals surface area contributed by atoms with Gasteiger partial charge in [-0.25, -0.2) is 0 Å².